The summed E-state index contributed by atoms with van der Waals surface area (Å²) in [5.74, 6) is 6.37. The Bertz CT molecular complexity index is 635. The summed E-state index contributed by atoms with van der Waals surface area (Å²) >= 11 is 0. The fraction of sp³-hybridized carbons (Fsp3) is 0.235. The molecule has 0 N–H and O–H groups in total. The molecule has 2 nitrogen and oxygen atoms in total. The maximum Gasteiger partial charge on any atom is 0.0432 e. The highest BCUT2D eigenvalue weighted by atomic mass is 15.1. The van der Waals surface area contributed by atoms with E-state index in [0.717, 1.165) is 24.1 Å². The van der Waals surface area contributed by atoms with E-state index in [1.54, 1.807) is 12.4 Å². The van der Waals surface area contributed by atoms with E-state index in [2.05, 4.69) is 47.0 Å². The molecule has 1 aliphatic rings. The van der Waals surface area contributed by atoms with Crippen LogP contribution in [-0.4, -0.2) is 18.6 Å². The normalized spacial score (nSPS) is 13.4. The molecule has 0 atom stereocenters. The lowest BCUT2D eigenvalue weighted by molar-refractivity contribution is 0.744. The van der Waals surface area contributed by atoms with Crippen LogP contribution in [0.5, 0.6) is 0 Å². The van der Waals surface area contributed by atoms with E-state index in [1.165, 1.54) is 17.7 Å². The highest BCUT2D eigenvalue weighted by Crippen LogP contribution is 2.26. The van der Waals surface area contributed by atoms with E-state index in [1.807, 2.05) is 12.1 Å². The first-order valence-corrected chi connectivity index (χ1v) is 6.59. The summed E-state index contributed by atoms with van der Waals surface area (Å²) < 4.78 is 0. The van der Waals surface area contributed by atoms with Gasteiger partial charge < -0.3 is 4.90 Å². The second-order valence-corrected chi connectivity index (χ2v) is 4.86. The highest BCUT2D eigenvalue weighted by molar-refractivity contribution is 5.58. The van der Waals surface area contributed by atoms with E-state index in [4.69, 9.17) is 0 Å². The molecule has 94 valence electrons. The minimum absolute atomic E-state index is 0.956. The quantitative estimate of drug-likeness (QED) is 0.666. The predicted molar refractivity (Wildman–Crippen MR) is 78.3 cm³/mol. The largest absolute Gasteiger partial charge is 0.374 e. The third-order valence-corrected chi connectivity index (χ3v) is 3.44. The van der Waals surface area contributed by atoms with Crippen molar-refractivity contribution in [2.24, 2.45) is 0 Å². The van der Waals surface area contributed by atoms with E-state index >= 15 is 0 Å². The standard InChI is InChI=1S/C17H16N2/c1-19-11-3-5-16-12-14(8-9-17(16)19)6-7-15-4-2-10-18-13-15/h2,4,8-10,12-13H,3,5,11H2,1H3. The van der Waals surface area contributed by atoms with Gasteiger partial charge >= 0.3 is 0 Å². The third-order valence-electron chi connectivity index (χ3n) is 3.44. The van der Waals surface area contributed by atoms with E-state index in [-0.39, 0.29) is 0 Å². The molecule has 0 unspecified atom stereocenters. The second kappa shape index (κ2) is 5.16. The number of pyridine rings is 1. The van der Waals surface area contributed by atoms with Gasteiger partial charge in [0.2, 0.25) is 0 Å². The first-order chi connectivity index (χ1) is 9.33. The number of benzene rings is 1. The summed E-state index contributed by atoms with van der Waals surface area (Å²) in [5.41, 5.74) is 4.79. The average Bonchev–Trinajstić information content (AvgIpc) is 2.46. The zero-order chi connectivity index (χ0) is 13.1. The molecule has 19 heavy (non-hydrogen) atoms. The molecule has 0 spiro atoms. The van der Waals surface area contributed by atoms with Gasteiger partial charge in [-0.1, -0.05) is 11.8 Å². The van der Waals surface area contributed by atoms with Crippen molar-refractivity contribution in [3.8, 4) is 11.8 Å². The Morgan fingerprint density at radius 3 is 2.89 bits per heavy atom. The molecule has 3 rings (SSSR count). The zero-order valence-electron chi connectivity index (χ0n) is 11.1. The molecule has 0 amide bonds. The first-order valence-electron chi connectivity index (χ1n) is 6.59. The summed E-state index contributed by atoms with van der Waals surface area (Å²) in [5, 5.41) is 0. The lowest BCUT2D eigenvalue weighted by Crippen LogP contribution is -2.24. The number of hydrogen-bond acceptors (Lipinski definition) is 2. The van der Waals surface area contributed by atoms with Gasteiger partial charge in [0.25, 0.3) is 0 Å². The van der Waals surface area contributed by atoms with Gasteiger partial charge in [-0.25, -0.2) is 0 Å². The second-order valence-electron chi connectivity index (χ2n) is 4.86. The van der Waals surface area contributed by atoms with Crippen LogP contribution in [0.15, 0.2) is 42.7 Å². The van der Waals surface area contributed by atoms with Crippen molar-refractivity contribution >= 4 is 5.69 Å². The Kier molecular flexibility index (Phi) is 3.20. The smallest absolute Gasteiger partial charge is 0.0432 e. The summed E-state index contributed by atoms with van der Waals surface area (Å²) in [6.45, 7) is 1.15. The predicted octanol–water partition coefficient (Wildman–Crippen LogP) is 2.86. The maximum absolute atomic E-state index is 4.07. The summed E-state index contributed by atoms with van der Waals surface area (Å²) in [7, 11) is 2.15. The molecular weight excluding hydrogens is 232 g/mol. The van der Waals surface area contributed by atoms with Crippen molar-refractivity contribution in [2.75, 3.05) is 18.5 Å². The van der Waals surface area contributed by atoms with Crippen molar-refractivity contribution in [2.45, 2.75) is 12.8 Å². The lowest BCUT2D eigenvalue weighted by Gasteiger charge is -2.27. The van der Waals surface area contributed by atoms with Crippen LogP contribution in [0.3, 0.4) is 0 Å². The molecule has 1 aromatic carbocycles. The number of aromatic nitrogens is 1. The third kappa shape index (κ3) is 2.61. The van der Waals surface area contributed by atoms with Crippen LogP contribution in [0.1, 0.15) is 23.1 Å². The molecule has 0 aliphatic carbocycles. The Labute approximate surface area is 114 Å². The number of anilines is 1. The Morgan fingerprint density at radius 2 is 2.05 bits per heavy atom. The summed E-state index contributed by atoms with van der Waals surface area (Å²) in [4.78, 5) is 6.38. The van der Waals surface area contributed by atoms with Crippen LogP contribution >= 0.6 is 0 Å². The average molecular weight is 248 g/mol. The molecule has 1 aliphatic heterocycles. The van der Waals surface area contributed by atoms with Crippen LogP contribution < -0.4 is 4.90 Å². The van der Waals surface area contributed by atoms with Crippen LogP contribution in [0.4, 0.5) is 5.69 Å². The Hall–Kier alpha value is -2.27. The fourth-order valence-electron chi connectivity index (χ4n) is 2.44. The minimum Gasteiger partial charge on any atom is -0.374 e. The minimum atomic E-state index is 0.956. The molecule has 1 aromatic heterocycles. The van der Waals surface area contributed by atoms with E-state index < -0.39 is 0 Å². The van der Waals surface area contributed by atoms with Gasteiger partial charge in [0.1, 0.15) is 0 Å². The summed E-state index contributed by atoms with van der Waals surface area (Å²) in [6, 6.07) is 10.4. The van der Waals surface area contributed by atoms with Gasteiger partial charge in [-0.2, -0.15) is 0 Å². The molecule has 0 saturated heterocycles. The maximum atomic E-state index is 4.07. The Balaban J connectivity index is 1.89. The number of nitrogens with zero attached hydrogens (tertiary/aromatic N) is 2. The van der Waals surface area contributed by atoms with Gasteiger partial charge in [-0.05, 0) is 48.7 Å². The van der Waals surface area contributed by atoms with Gasteiger partial charge in [0.05, 0.1) is 0 Å². The summed E-state index contributed by atoms with van der Waals surface area (Å²) in [6.07, 6.45) is 5.93. The first kappa shape index (κ1) is 11.8. The topological polar surface area (TPSA) is 16.1 Å². The van der Waals surface area contributed by atoms with Crippen molar-refractivity contribution in [3.05, 3.63) is 59.4 Å². The van der Waals surface area contributed by atoms with E-state index in [9.17, 15) is 0 Å². The molecule has 0 bridgehead atoms. The zero-order valence-corrected chi connectivity index (χ0v) is 11.1. The van der Waals surface area contributed by atoms with Crippen molar-refractivity contribution < 1.29 is 0 Å². The lowest BCUT2D eigenvalue weighted by atomic mass is 10.00. The van der Waals surface area contributed by atoms with Gasteiger partial charge in [-0.15, -0.1) is 0 Å². The van der Waals surface area contributed by atoms with Crippen LogP contribution in [0.2, 0.25) is 0 Å². The SMILES string of the molecule is CN1CCCc2cc(C#Cc3cccnc3)ccc21. The monoisotopic (exact) mass is 248 g/mol. The van der Waals surface area contributed by atoms with Crippen molar-refractivity contribution in [1.29, 1.82) is 0 Å². The van der Waals surface area contributed by atoms with Gasteiger partial charge in [0, 0.05) is 42.8 Å². The molecule has 0 fully saturated rings. The van der Waals surface area contributed by atoms with Gasteiger partial charge in [-0.3, -0.25) is 4.98 Å². The van der Waals surface area contributed by atoms with Crippen LogP contribution in [-0.2, 0) is 6.42 Å². The number of aryl methyl sites for hydroxylation is 1. The van der Waals surface area contributed by atoms with Crippen LogP contribution in [0.25, 0.3) is 0 Å². The van der Waals surface area contributed by atoms with Gasteiger partial charge in [0.15, 0.2) is 0 Å². The number of rotatable bonds is 0. The molecular formula is C17H16N2. The number of fused-ring (bicyclic) bond motifs is 1. The fourth-order valence-corrected chi connectivity index (χ4v) is 2.44. The Morgan fingerprint density at radius 1 is 1.16 bits per heavy atom. The molecule has 0 radical (unpaired) electrons. The highest BCUT2D eigenvalue weighted by Gasteiger charge is 2.12. The molecule has 2 heteroatoms. The molecule has 2 aromatic rings. The molecule has 2 heterocycles. The van der Waals surface area contributed by atoms with E-state index in [0.29, 0.717) is 0 Å². The number of hydrogen-bond donors (Lipinski definition) is 0. The van der Waals surface area contributed by atoms with Crippen LogP contribution in [0, 0.1) is 11.8 Å². The van der Waals surface area contributed by atoms with Crippen molar-refractivity contribution in [1.82, 2.24) is 4.98 Å². The van der Waals surface area contributed by atoms with Crippen molar-refractivity contribution in [3.63, 3.8) is 0 Å². The molecule has 0 saturated carbocycles.